The van der Waals surface area contributed by atoms with E-state index in [1.165, 1.54) is 25.1 Å². The fourth-order valence-electron chi connectivity index (χ4n) is 2.70. The number of nitrogens with one attached hydrogen (secondary N) is 2. The van der Waals surface area contributed by atoms with Crippen LogP contribution < -0.4 is 5.32 Å². The minimum absolute atomic E-state index is 0.00706. The molecular weight excluding hydrogens is 350 g/mol. The molecule has 3 aromatic rings. The quantitative estimate of drug-likeness (QED) is 0.394. The summed E-state index contributed by atoms with van der Waals surface area (Å²) in [6.07, 6.45) is 0.638. The van der Waals surface area contributed by atoms with Crippen molar-refractivity contribution in [2.24, 2.45) is 0 Å². The topological polar surface area (TPSA) is 114 Å². The van der Waals surface area contributed by atoms with Gasteiger partial charge in [0.05, 0.1) is 11.3 Å². The lowest BCUT2D eigenvalue weighted by Crippen LogP contribution is -2.30. The minimum atomic E-state index is -1.09. The molecule has 8 heteroatoms. The van der Waals surface area contributed by atoms with Crippen molar-refractivity contribution < 1.29 is 19.2 Å². The van der Waals surface area contributed by atoms with Crippen molar-refractivity contribution >= 4 is 34.2 Å². The molecule has 0 saturated heterocycles. The van der Waals surface area contributed by atoms with Crippen LogP contribution in [0.5, 0.6) is 0 Å². The van der Waals surface area contributed by atoms with Gasteiger partial charge in [0.15, 0.2) is 6.10 Å². The minimum Gasteiger partial charge on any atom is -0.452 e. The third-order valence-electron chi connectivity index (χ3n) is 4.05. The second-order valence-electron chi connectivity index (χ2n) is 5.93. The summed E-state index contributed by atoms with van der Waals surface area (Å²) in [6.45, 7) is 1.41. The van der Waals surface area contributed by atoms with Gasteiger partial charge in [0, 0.05) is 23.2 Å². The molecule has 0 saturated carbocycles. The summed E-state index contributed by atoms with van der Waals surface area (Å²) in [5, 5.41) is 14.3. The van der Waals surface area contributed by atoms with Gasteiger partial charge >= 0.3 is 5.97 Å². The van der Waals surface area contributed by atoms with Crippen LogP contribution in [-0.4, -0.2) is 27.9 Å². The van der Waals surface area contributed by atoms with Crippen molar-refractivity contribution in [3.05, 3.63) is 70.4 Å². The van der Waals surface area contributed by atoms with Crippen LogP contribution >= 0.6 is 0 Å². The van der Waals surface area contributed by atoms with E-state index in [0.29, 0.717) is 0 Å². The Balaban J connectivity index is 1.63. The first-order valence-electron chi connectivity index (χ1n) is 8.24. The van der Waals surface area contributed by atoms with Gasteiger partial charge in [-0.2, -0.15) is 0 Å². The van der Waals surface area contributed by atoms with Crippen LogP contribution in [0.15, 0.2) is 54.7 Å². The van der Waals surface area contributed by atoms with E-state index in [4.69, 9.17) is 4.74 Å². The van der Waals surface area contributed by atoms with Crippen LogP contribution in [0.25, 0.3) is 10.9 Å². The largest absolute Gasteiger partial charge is 0.452 e. The number of nitrogens with zero attached hydrogens (tertiary/aromatic N) is 1. The number of carbonyl (C=O) groups excluding carboxylic acids is 2. The van der Waals surface area contributed by atoms with Gasteiger partial charge < -0.3 is 15.0 Å². The number of aromatic nitrogens is 1. The molecule has 0 spiro atoms. The van der Waals surface area contributed by atoms with Gasteiger partial charge in [-0.1, -0.05) is 30.3 Å². The van der Waals surface area contributed by atoms with Gasteiger partial charge in [-0.25, -0.2) is 0 Å². The summed E-state index contributed by atoms with van der Waals surface area (Å²) < 4.78 is 5.17. The van der Waals surface area contributed by atoms with Crippen LogP contribution in [-0.2, 0) is 20.7 Å². The Labute approximate surface area is 154 Å². The van der Waals surface area contributed by atoms with Crippen molar-refractivity contribution in [3.63, 3.8) is 0 Å². The third-order valence-corrected chi connectivity index (χ3v) is 4.05. The number of hydrogen-bond acceptors (Lipinski definition) is 5. The number of para-hydroxylation sites is 3. The first-order chi connectivity index (χ1) is 13.0. The number of carbonyl (C=O) groups is 2. The fourth-order valence-corrected chi connectivity index (χ4v) is 2.70. The number of aromatic amines is 1. The second-order valence-corrected chi connectivity index (χ2v) is 5.93. The highest BCUT2D eigenvalue weighted by atomic mass is 16.6. The molecule has 8 nitrogen and oxygen atoms in total. The van der Waals surface area contributed by atoms with E-state index in [1.54, 1.807) is 12.3 Å². The maximum Gasteiger partial charge on any atom is 0.311 e. The summed E-state index contributed by atoms with van der Waals surface area (Å²) in [5.41, 5.74) is 1.49. The number of amides is 1. The molecule has 0 aliphatic carbocycles. The number of anilines is 1. The zero-order chi connectivity index (χ0) is 19.4. The summed E-state index contributed by atoms with van der Waals surface area (Å²) >= 11 is 0. The number of hydrogen-bond donors (Lipinski definition) is 2. The molecule has 0 aliphatic heterocycles. The monoisotopic (exact) mass is 367 g/mol. The zero-order valence-corrected chi connectivity index (χ0v) is 14.5. The third kappa shape index (κ3) is 4.12. The number of nitro benzene ring substituents is 1. The highest BCUT2D eigenvalue weighted by molar-refractivity contribution is 5.97. The molecule has 3 rings (SSSR count). The van der Waals surface area contributed by atoms with Crippen molar-refractivity contribution in [1.82, 2.24) is 4.98 Å². The molecule has 0 bridgehead atoms. The Kier molecular flexibility index (Phi) is 5.16. The predicted octanol–water partition coefficient (Wildman–Crippen LogP) is 3.19. The van der Waals surface area contributed by atoms with E-state index >= 15 is 0 Å². The molecule has 0 fully saturated rings. The normalized spacial score (nSPS) is 11.7. The van der Waals surface area contributed by atoms with Crippen molar-refractivity contribution in [1.29, 1.82) is 0 Å². The van der Waals surface area contributed by atoms with Crippen LogP contribution in [0.3, 0.4) is 0 Å². The Morgan fingerprint density at radius 1 is 1.19 bits per heavy atom. The molecule has 2 aromatic carbocycles. The molecular formula is C19H17N3O5. The van der Waals surface area contributed by atoms with E-state index in [2.05, 4.69) is 10.3 Å². The average molecular weight is 367 g/mol. The van der Waals surface area contributed by atoms with Gasteiger partial charge in [-0.3, -0.25) is 19.7 Å². The van der Waals surface area contributed by atoms with Crippen LogP contribution in [0.1, 0.15) is 12.5 Å². The van der Waals surface area contributed by atoms with Gasteiger partial charge in [0.25, 0.3) is 11.6 Å². The van der Waals surface area contributed by atoms with Gasteiger partial charge in [0.1, 0.15) is 5.69 Å². The van der Waals surface area contributed by atoms with Crippen molar-refractivity contribution in [3.8, 4) is 0 Å². The smallest absolute Gasteiger partial charge is 0.311 e. The number of esters is 1. The number of fused-ring (bicyclic) bond motifs is 1. The number of nitro groups is 1. The van der Waals surface area contributed by atoms with Crippen LogP contribution in [0.2, 0.25) is 0 Å². The Morgan fingerprint density at radius 3 is 2.67 bits per heavy atom. The molecule has 1 heterocycles. The molecule has 2 N–H and O–H groups in total. The Morgan fingerprint density at radius 2 is 1.89 bits per heavy atom. The summed E-state index contributed by atoms with van der Waals surface area (Å²) in [6, 6.07) is 13.3. The summed E-state index contributed by atoms with van der Waals surface area (Å²) in [5.74, 6) is -1.21. The number of benzene rings is 2. The maximum absolute atomic E-state index is 12.2. The van der Waals surface area contributed by atoms with Crippen molar-refractivity contribution in [2.45, 2.75) is 19.4 Å². The molecule has 1 aromatic heterocycles. The van der Waals surface area contributed by atoms with Gasteiger partial charge in [0.2, 0.25) is 0 Å². The van der Waals surface area contributed by atoms with E-state index in [1.807, 2.05) is 24.3 Å². The number of H-pyrrole nitrogens is 1. The first-order valence-corrected chi connectivity index (χ1v) is 8.24. The van der Waals surface area contributed by atoms with Crippen molar-refractivity contribution in [2.75, 3.05) is 5.32 Å². The fraction of sp³-hybridized carbons (Fsp3) is 0.158. The average Bonchev–Trinajstić information content (AvgIpc) is 3.05. The van der Waals surface area contributed by atoms with E-state index in [9.17, 15) is 19.7 Å². The van der Waals surface area contributed by atoms with Crippen LogP contribution in [0, 0.1) is 10.1 Å². The molecule has 0 radical (unpaired) electrons. The maximum atomic E-state index is 12.2. The molecule has 0 aliphatic rings. The molecule has 1 atom stereocenters. The molecule has 1 amide bonds. The van der Waals surface area contributed by atoms with E-state index in [-0.39, 0.29) is 17.8 Å². The molecule has 27 heavy (non-hydrogen) atoms. The summed E-state index contributed by atoms with van der Waals surface area (Å²) in [4.78, 5) is 37.9. The highest BCUT2D eigenvalue weighted by Gasteiger charge is 2.22. The zero-order valence-electron chi connectivity index (χ0n) is 14.5. The lowest BCUT2D eigenvalue weighted by Gasteiger charge is -2.13. The lowest BCUT2D eigenvalue weighted by molar-refractivity contribution is -0.383. The summed E-state index contributed by atoms with van der Waals surface area (Å²) in [7, 11) is 0. The van der Waals surface area contributed by atoms with Gasteiger partial charge in [-0.15, -0.1) is 0 Å². The van der Waals surface area contributed by atoms with Crippen LogP contribution in [0.4, 0.5) is 11.4 Å². The predicted molar refractivity (Wildman–Crippen MR) is 99.3 cm³/mol. The second kappa shape index (κ2) is 7.69. The molecule has 138 valence electrons. The van der Waals surface area contributed by atoms with E-state index in [0.717, 1.165) is 16.5 Å². The first kappa shape index (κ1) is 18.1. The Bertz CT molecular complexity index is 1010. The highest BCUT2D eigenvalue weighted by Crippen LogP contribution is 2.23. The van der Waals surface area contributed by atoms with E-state index < -0.39 is 22.9 Å². The number of ether oxygens (including phenoxy) is 1. The number of rotatable bonds is 6. The molecule has 0 unspecified atom stereocenters. The SMILES string of the molecule is C[C@@H](OC(=O)Cc1c[nH]c2ccccc12)C(=O)Nc1ccccc1[N+](=O)[O-]. The lowest BCUT2D eigenvalue weighted by atomic mass is 10.1. The standard InChI is InChI=1S/C19H17N3O5/c1-12(19(24)21-16-8-4-5-9-17(16)22(25)26)27-18(23)10-13-11-20-15-7-3-2-6-14(13)15/h2-9,11-12,20H,10H2,1H3,(H,21,24)/t12-/m1/s1. The van der Waals surface area contributed by atoms with Gasteiger partial charge in [-0.05, 0) is 24.6 Å². The Hall–Kier alpha value is -3.68.